The zero-order valence-electron chi connectivity index (χ0n) is 19.3. The summed E-state index contributed by atoms with van der Waals surface area (Å²) in [6.45, 7) is 3.96. The highest BCUT2D eigenvalue weighted by molar-refractivity contribution is 6.00. The van der Waals surface area contributed by atoms with Gasteiger partial charge in [0, 0.05) is 42.3 Å². The molecule has 1 aliphatic carbocycles. The zero-order valence-corrected chi connectivity index (χ0v) is 19.3. The minimum absolute atomic E-state index is 0.350. The summed E-state index contributed by atoms with van der Waals surface area (Å²) in [6.07, 6.45) is 6.29. The van der Waals surface area contributed by atoms with Crippen molar-refractivity contribution in [1.29, 1.82) is 0 Å². The van der Waals surface area contributed by atoms with E-state index in [-0.39, 0.29) is 0 Å². The van der Waals surface area contributed by atoms with Gasteiger partial charge in [-0.1, -0.05) is 24.3 Å². The quantitative estimate of drug-likeness (QED) is 0.459. The number of benzene rings is 2. The van der Waals surface area contributed by atoms with Gasteiger partial charge in [0.05, 0.1) is 11.3 Å². The average Bonchev–Trinajstić information content (AvgIpc) is 3.54. The molecule has 0 unspecified atom stereocenters. The minimum Gasteiger partial charge on any atom is -0.492 e. The Balaban J connectivity index is 1.35. The molecule has 7 heteroatoms. The monoisotopic (exact) mass is 457 g/mol. The fourth-order valence-corrected chi connectivity index (χ4v) is 4.48. The highest BCUT2D eigenvalue weighted by Crippen LogP contribution is 2.40. The average molecular weight is 458 g/mol. The number of primary amides is 1. The van der Waals surface area contributed by atoms with Crippen LogP contribution in [0.5, 0.6) is 5.75 Å². The lowest BCUT2D eigenvalue weighted by Crippen LogP contribution is -2.25. The second-order valence-electron chi connectivity index (χ2n) is 8.94. The summed E-state index contributed by atoms with van der Waals surface area (Å²) in [5.74, 6) is 0.988. The molecule has 1 aromatic heterocycles. The smallest absolute Gasteiger partial charge is 0.252 e. The highest BCUT2D eigenvalue weighted by atomic mass is 16.5. The van der Waals surface area contributed by atoms with Gasteiger partial charge in [-0.3, -0.25) is 9.69 Å². The van der Waals surface area contributed by atoms with Crippen LogP contribution in [0.2, 0.25) is 0 Å². The molecule has 0 atom stereocenters. The number of aromatic nitrogens is 1. The van der Waals surface area contributed by atoms with E-state index in [9.17, 15) is 4.79 Å². The molecular weight excluding hydrogens is 426 g/mol. The van der Waals surface area contributed by atoms with Crippen molar-refractivity contribution >= 4 is 28.8 Å². The molecule has 176 valence electrons. The molecule has 5 rings (SSSR count). The van der Waals surface area contributed by atoms with Crippen LogP contribution in [0.25, 0.3) is 0 Å². The van der Waals surface area contributed by atoms with E-state index in [2.05, 4.69) is 32.2 Å². The van der Waals surface area contributed by atoms with Crippen LogP contribution < -0.4 is 20.7 Å². The maximum absolute atomic E-state index is 12.2. The van der Waals surface area contributed by atoms with E-state index >= 15 is 0 Å². The van der Waals surface area contributed by atoms with Gasteiger partial charge in [-0.25, -0.2) is 4.98 Å². The Morgan fingerprint density at radius 3 is 2.62 bits per heavy atom. The van der Waals surface area contributed by atoms with E-state index in [1.54, 1.807) is 6.20 Å². The number of nitrogens with zero attached hydrogens (tertiary/aromatic N) is 3. The second kappa shape index (κ2) is 10.1. The predicted octanol–water partition coefficient (Wildman–Crippen LogP) is 4.70. The zero-order chi connectivity index (χ0) is 23.3. The molecule has 3 N–H and O–H groups in total. The lowest BCUT2D eigenvalue weighted by atomic mass is 10.1. The number of anilines is 4. The summed E-state index contributed by atoms with van der Waals surface area (Å²) in [6, 6.07) is 20.3. The maximum Gasteiger partial charge on any atom is 0.252 e. The summed E-state index contributed by atoms with van der Waals surface area (Å²) >= 11 is 0. The van der Waals surface area contributed by atoms with Gasteiger partial charge < -0.3 is 20.7 Å². The van der Waals surface area contributed by atoms with Gasteiger partial charge in [-0.05, 0) is 63.0 Å². The normalized spacial score (nSPS) is 15.8. The van der Waals surface area contributed by atoms with Gasteiger partial charge in [-0.2, -0.15) is 0 Å². The van der Waals surface area contributed by atoms with Crippen LogP contribution in [-0.4, -0.2) is 48.1 Å². The van der Waals surface area contributed by atoms with E-state index < -0.39 is 5.91 Å². The Morgan fingerprint density at radius 2 is 1.88 bits per heavy atom. The molecule has 1 aliphatic heterocycles. The molecule has 0 radical (unpaired) electrons. The highest BCUT2D eigenvalue weighted by Gasteiger charge is 2.32. The minimum atomic E-state index is -0.482. The molecule has 7 nitrogen and oxygen atoms in total. The van der Waals surface area contributed by atoms with E-state index in [1.807, 2.05) is 48.5 Å². The molecule has 2 fully saturated rings. The number of para-hydroxylation sites is 1. The maximum atomic E-state index is 12.2. The number of likely N-dealkylation sites (tertiary alicyclic amines) is 1. The first-order valence-corrected chi connectivity index (χ1v) is 12.0. The summed E-state index contributed by atoms with van der Waals surface area (Å²) < 4.78 is 5.98. The van der Waals surface area contributed by atoms with Gasteiger partial charge in [0.25, 0.3) is 5.91 Å². The largest absolute Gasteiger partial charge is 0.492 e. The first-order chi connectivity index (χ1) is 16.7. The molecule has 1 amide bonds. The lowest BCUT2D eigenvalue weighted by Gasteiger charge is -2.27. The lowest BCUT2D eigenvalue weighted by molar-refractivity contribution is 0.100. The molecular formula is C27H31N5O2. The van der Waals surface area contributed by atoms with Gasteiger partial charge in [-0.15, -0.1) is 0 Å². The molecule has 3 aromatic rings. The summed E-state index contributed by atoms with van der Waals surface area (Å²) in [5.41, 5.74) is 8.83. The van der Waals surface area contributed by atoms with Gasteiger partial charge >= 0.3 is 0 Å². The number of nitrogens with two attached hydrogens (primary N) is 1. The van der Waals surface area contributed by atoms with Gasteiger partial charge in [0.2, 0.25) is 0 Å². The molecule has 1 saturated heterocycles. The van der Waals surface area contributed by atoms with E-state index in [4.69, 9.17) is 10.5 Å². The van der Waals surface area contributed by atoms with Crippen LogP contribution in [0.3, 0.4) is 0 Å². The Hall–Kier alpha value is -3.58. The van der Waals surface area contributed by atoms with Crippen molar-refractivity contribution in [2.75, 3.05) is 36.5 Å². The topological polar surface area (TPSA) is 83.7 Å². The van der Waals surface area contributed by atoms with Gasteiger partial charge in [0.1, 0.15) is 18.2 Å². The molecule has 34 heavy (non-hydrogen) atoms. The third-order valence-electron chi connectivity index (χ3n) is 6.33. The van der Waals surface area contributed by atoms with Crippen LogP contribution in [0.15, 0.2) is 66.9 Å². The SMILES string of the molecule is NC(=O)c1cnc(Nc2cccc(OCCN3CCCC3)c2)cc1N(c1ccccc1)C1CC1. The third kappa shape index (κ3) is 5.31. The molecule has 2 aliphatic rings. The molecule has 2 aromatic carbocycles. The first kappa shape index (κ1) is 22.2. The molecule has 0 spiro atoms. The fraction of sp³-hybridized carbons (Fsp3) is 0.333. The standard InChI is InChI=1S/C27H31N5O2/c28-27(33)24-19-29-26(18-25(24)32(22-11-12-22)21-8-2-1-3-9-21)30-20-7-6-10-23(17-20)34-16-15-31-13-4-5-14-31/h1-3,6-10,17-19,22H,4-5,11-16H2,(H2,28,33)(H,29,30). The van der Waals surface area contributed by atoms with Crippen molar-refractivity contribution in [3.8, 4) is 5.75 Å². The summed E-state index contributed by atoms with van der Waals surface area (Å²) in [7, 11) is 0. The van der Waals surface area contributed by atoms with Crippen molar-refractivity contribution in [3.05, 3.63) is 72.4 Å². The van der Waals surface area contributed by atoms with Crippen LogP contribution in [0.4, 0.5) is 22.9 Å². The van der Waals surface area contributed by atoms with Crippen LogP contribution >= 0.6 is 0 Å². The number of nitrogens with one attached hydrogen (secondary N) is 1. The van der Waals surface area contributed by atoms with Crippen LogP contribution in [0, 0.1) is 0 Å². The van der Waals surface area contributed by atoms with Crippen molar-refractivity contribution in [1.82, 2.24) is 9.88 Å². The van der Waals surface area contributed by atoms with Crippen molar-refractivity contribution in [2.45, 2.75) is 31.7 Å². The Kier molecular flexibility index (Phi) is 6.62. The van der Waals surface area contributed by atoms with Crippen molar-refractivity contribution in [2.24, 2.45) is 5.73 Å². The first-order valence-electron chi connectivity index (χ1n) is 12.0. The number of amides is 1. The Labute approximate surface area is 200 Å². The fourth-order valence-electron chi connectivity index (χ4n) is 4.48. The third-order valence-corrected chi connectivity index (χ3v) is 6.33. The molecule has 0 bridgehead atoms. The molecule has 2 heterocycles. The Morgan fingerprint density at radius 1 is 1.09 bits per heavy atom. The number of hydrogen-bond donors (Lipinski definition) is 2. The second-order valence-corrected chi connectivity index (χ2v) is 8.94. The van der Waals surface area contributed by atoms with Gasteiger partial charge in [0.15, 0.2) is 0 Å². The number of ether oxygens (including phenoxy) is 1. The summed E-state index contributed by atoms with van der Waals surface area (Å²) in [5, 5.41) is 3.37. The van der Waals surface area contributed by atoms with Crippen molar-refractivity contribution < 1.29 is 9.53 Å². The number of hydrogen-bond acceptors (Lipinski definition) is 6. The van der Waals surface area contributed by atoms with Crippen LogP contribution in [0.1, 0.15) is 36.0 Å². The van der Waals surface area contributed by atoms with E-state index in [0.29, 0.717) is 24.0 Å². The number of rotatable bonds is 10. The van der Waals surface area contributed by atoms with Crippen molar-refractivity contribution in [3.63, 3.8) is 0 Å². The number of carbonyl (C=O) groups is 1. The predicted molar refractivity (Wildman–Crippen MR) is 135 cm³/mol. The number of pyridine rings is 1. The van der Waals surface area contributed by atoms with E-state index in [0.717, 1.165) is 42.2 Å². The van der Waals surface area contributed by atoms with Crippen LogP contribution in [-0.2, 0) is 0 Å². The number of carbonyl (C=O) groups excluding carboxylic acids is 1. The molecule has 1 saturated carbocycles. The summed E-state index contributed by atoms with van der Waals surface area (Å²) in [4.78, 5) is 21.3. The Bertz CT molecular complexity index is 1130. The van der Waals surface area contributed by atoms with E-state index in [1.165, 1.54) is 25.9 Å².